The van der Waals surface area contributed by atoms with Crippen LogP contribution in [0.2, 0.25) is 0 Å². The number of carbonyl (C=O) groups is 1. The number of nitrogens with two attached hydrogens (primary N) is 1. The summed E-state index contributed by atoms with van der Waals surface area (Å²) in [5, 5.41) is 3.54. The van der Waals surface area contributed by atoms with Crippen molar-refractivity contribution in [2.24, 2.45) is 11.7 Å². The minimum atomic E-state index is -0.292. The number of nitrogens with one attached hydrogen (secondary N) is 1. The molecule has 0 heterocycles. The number of carbonyl (C=O) groups excluding carboxylic acids is 1. The monoisotopic (exact) mass is 353 g/mol. The topological polar surface area (TPSA) is 58.4 Å². The molecule has 1 aromatic rings. The van der Waals surface area contributed by atoms with E-state index >= 15 is 0 Å². The van der Waals surface area contributed by atoms with Crippen LogP contribution in [0.4, 0.5) is 5.69 Å². The Labute approximate surface area is 135 Å². The SMILES string of the molecule is CC(C)CN(CC(N)=O)c1ccc(Br)cc1CNC1CC1. The van der Waals surface area contributed by atoms with E-state index in [9.17, 15) is 4.79 Å². The van der Waals surface area contributed by atoms with Gasteiger partial charge in [0, 0.05) is 29.3 Å². The molecule has 1 aliphatic rings. The van der Waals surface area contributed by atoms with E-state index in [1.165, 1.54) is 18.4 Å². The third-order valence-electron chi connectivity index (χ3n) is 3.47. The van der Waals surface area contributed by atoms with Crippen LogP contribution in [0, 0.1) is 5.92 Å². The largest absolute Gasteiger partial charge is 0.368 e. The van der Waals surface area contributed by atoms with Gasteiger partial charge < -0.3 is 16.0 Å². The van der Waals surface area contributed by atoms with E-state index in [-0.39, 0.29) is 12.5 Å². The molecule has 0 bridgehead atoms. The maximum Gasteiger partial charge on any atom is 0.236 e. The summed E-state index contributed by atoms with van der Waals surface area (Å²) in [7, 11) is 0. The smallest absolute Gasteiger partial charge is 0.236 e. The summed E-state index contributed by atoms with van der Waals surface area (Å²) in [4.78, 5) is 13.5. The quantitative estimate of drug-likeness (QED) is 0.755. The van der Waals surface area contributed by atoms with Gasteiger partial charge in [-0.05, 0) is 42.5 Å². The third-order valence-corrected chi connectivity index (χ3v) is 3.97. The molecule has 5 heteroatoms. The first-order valence-electron chi connectivity index (χ1n) is 7.50. The highest BCUT2D eigenvalue weighted by Crippen LogP contribution is 2.27. The fraction of sp³-hybridized carbons (Fsp3) is 0.562. The first kappa shape index (κ1) is 16.3. The summed E-state index contributed by atoms with van der Waals surface area (Å²) < 4.78 is 1.06. The van der Waals surface area contributed by atoms with Crippen molar-refractivity contribution in [3.8, 4) is 0 Å². The van der Waals surface area contributed by atoms with Crippen LogP contribution in [0.15, 0.2) is 22.7 Å². The standard InChI is InChI=1S/C16H24BrN3O/c1-11(2)9-20(10-16(18)21)15-6-3-13(17)7-12(15)8-19-14-4-5-14/h3,6-7,11,14,19H,4-5,8-10H2,1-2H3,(H2,18,21). The number of halogens is 1. The molecule has 116 valence electrons. The summed E-state index contributed by atoms with van der Waals surface area (Å²) in [6.45, 7) is 6.20. The number of hydrogen-bond donors (Lipinski definition) is 2. The van der Waals surface area contributed by atoms with Crippen molar-refractivity contribution in [2.75, 3.05) is 18.0 Å². The highest BCUT2D eigenvalue weighted by atomic mass is 79.9. The van der Waals surface area contributed by atoms with Gasteiger partial charge in [-0.25, -0.2) is 0 Å². The van der Waals surface area contributed by atoms with Gasteiger partial charge in [-0.3, -0.25) is 4.79 Å². The van der Waals surface area contributed by atoms with Crippen molar-refractivity contribution < 1.29 is 4.79 Å². The molecule has 1 amide bonds. The van der Waals surface area contributed by atoms with Gasteiger partial charge in [0.25, 0.3) is 0 Å². The van der Waals surface area contributed by atoms with Crippen LogP contribution < -0.4 is 16.0 Å². The Bertz CT molecular complexity index is 500. The first-order valence-corrected chi connectivity index (χ1v) is 8.30. The third kappa shape index (κ3) is 5.32. The molecule has 0 unspecified atom stereocenters. The van der Waals surface area contributed by atoms with Gasteiger partial charge >= 0.3 is 0 Å². The zero-order valence-electron chi connectivity index (χ0n) is 12.7. The Balaban J connectivity index is 2.20. The number of rotatable bonds is 8. The Hall–Kier alpha value is -1.07. The molecule has 0 spiro atoms. The van der Waals surface area contributed by atoms with Crippen LogP contribution >= 0.6 is 15.9 Å². The van der Waals surface area contributed by atoms with Gasteiger partial charge in [-0.2, -0.15) is 0 Å². The number of amides is 1. The number of primary amides is 1. The van der Waals surface area contributed by atoms with Gasteiger partial charge in [0.1, 0.15) is 0 Å². The van der Waals surface area contributed by atoms with Crippen LogP contribution in [0.3, 0.4) is 0 Å². The summed E-state index contributed by atoms with van der Waals surface area (Å²) in [5.74, 6) is 0.178. The maximum atomic E-state index is 11.4. The van der Waals surface area contributed by atoms with Crippen LogP contribution in [0.25, 0.3) is 0 Å². The van der Waals surface area contributed by atoms with Crippen molar-refractivity contribution in [1.82, 2.24) is 5.32 Å². The molecule has 3 N–H and O–H groups in total. The first-order chi connectivity index (χ1) is 9.95. The molecular formula is C16H24BrN3O. The van der Waals surface area contributed by atoms with Crippen LogP contribution in [-0.2, 0) is 11.3 Å². The Morgan fingerprint density at radius 1 is 1.48 bits per heavy atom. The van der Waals surface area contributed by atoms with E-state index in [2.05, 4.69) is 52.1 Å². The van der Waals surface area contributed by atoms with Crippen LogP contribution in [-0.4, -0.2) is 25.0 Å². The van der Waals surface area contributed by atoms with Gasteiger partial charge in [-0.1, -0.05) is 29.8 Å². The molecular weight excluding hydrogens is 330 g/mol. The van der Waals surface area contributed by atoms with Crippen molar-refractivity contribution in [3.05, 3.63) is 28.2 Å². The molecule has 1 fully saturated rings. The lowest BCUT2D eigenvalue weighted by Gasteiger charge is -2.28. The van der Waals surface area contributed by atoms with E-state index in [1.807, 2.05) is 6.07 Å². The van der Waals surface area contributed by atoms with Crippen LogP contribution in [0.5, 0.6) is 0 Å². The van der Waals surface area contributed by atoms with Gasteiger partial charge in [0.2, 0.25) is 5.91 Å². The van der Waals surface area contributed by atoms with Crippen molar-refractivity contribution >= 4 is 27.5 Å². The van der Waals surface area contributed by atoms with E-state index in [1.54, 1.807) is 0 Å². The Morgan fingerprint density at radius 2 is 2.19 bits per heavy atom. The molecule has 0 radical (unpaired) electrons. The normalized spacial score (nSPS) is 14.5. The van der Waals surface area contributed by atoms with Gasteiger partial charge in [0.15, 0.2) is 0 Å². The number of hydrogen-bond acceptors (Lipinski definition) is 3. The van der Waals surface area contributed by atoms with E-state index in [0.29, 0.717) is 12.0 Å². The number of benzene rings is 1. The highest BCUT2D eigenvalue weighted by Gasteiger charge is 2.21. The summed E-state index contributed by atoms with van der Waals surface area (Å²) in [6, 6.07) is 6.87. The average molecular weight is 354 g/mol. The molecule has 21 heavy (non-hydrogen) atoms. The van der Waals surface area contributed by atoms with Crippen LogP contribution in [0.1, 0.15) is 32.3 Å². The Kier molecular flexibility index (Phi) is 5.65. The average Bonchev–Trinajstić information content (AvgIpc) is 3.18. The van der Waals surface area contributed by atoms with E-state index in [0.717, 1.165) is 23.2 Å². The van der Waals surface area contributed by atoms with Crippen molar-refractivity contribution in [1.29, 1.82) is 0 Å². The molecule has 0 saturated heterocycles. The molecule has 0 atom stereocenters. The predicted octanol–water partition coefficient (Wildman–Crippen LogP) is 2.65. The summed E-state index contributed by atoms with van der Waals surface area (Å²) >= 11 is 3.53. The van der Waals surface area contributed by atoms with E-state index < -0.39 is 0 Å². The highest BCUT2D eigenvalue weighted by molar-refractivity contribution is 9.10. The summed E-state index contributed by atoms with van der Waals surface area (Å²) in [6.07, 6.45) is 2.53. The van der Waals surface area contributed by atoms with E-state index in [4.69, 9.17) is 5.73 Å². The lowest BCUT2D eigenvalue weighted by Crippen LogP contribution is -2.37. The zero-order valence-corrected chi connectivity index (χ0v) is 14.3. The minimum Gasteiger partial charge on any atom is -0.368 e. The fourth-order valence-corrected chi connectivity index (χ4v) is 2.83. The lowest BCUT2D eigenvalue weighted by molar-refractivity contribution is -0.116. The molecule has 1 saturated carbocycles. The fourth-order valence-electron chi connectivity index (χ4n) is 2.42. The molecule has 4 nitrogen and oxygen atoms in total. The zero-order chi connectivity index (χ0) is 15.4. The van der Waals surface area contributed by atoms with Crippen molar-refractivity contribution in [2.45, 2.75) is 39.3 Å². The molecule has 1 aromatic carbocycles. The predicted molar refractivity (Wildman–Crippen MR) is 90.2 cm³/mol. The molecule has 2 rings (SSSR count). The lowest BCUT2D eigenvalue weighted by atomic mass is 10.1. The number of anilines is 1. The van der Waals surface area contributed by atoms with Gasteiger partial charge in [-0.15, -0.1) is 0 Å². The second-order valence-electron chi connectivity index (χ2n) is 6.17. The number of nitrogens with zero attached hydrogens (tertiary/aromatic N) is 1. The summed E-state index contributed by atoms with van der Waals surface area (Å²) in [5.41, 5.74) is 7.72. The molecule has 0 aromatic heterocycles. The van der Waals surface area contributed by atoms with Crippen molar-refractivity contribution in [3.63, 3.8) is 0 Å². The molecule has 0 aliphatic heterocycles. The molecule has 1 aliphatic carbocycles. The maximum absolute atomic E-state index is 11.4. The minimum absolute atomic E-state index is 0.260. The van der Waals surface area contributed by atoms with Gasteiger partial charge in [0.05, 0.1) is 6.54 Å². The Morgan fingerprint density at radius 3 is 2.76 bits per heavy atom. The second-order valence-corrected chi connectivity index (χ2v) is 7.08. The second kappa shape index (κ2) is 7.27.